The van der Waals surface area contributed by atoms with E-state index in [4.69, 9.17) is 4.74 Å². The molecule has 0 heterocycles. The molecule has 0 bridgehead atoms. The number of hydrogen-bond donors (Lipinski definition) is 2. The van der Waals surface area contributed by atoms with Crippen LogP contribution in [0.3, 0.4) is 0 Å². The van der Waals surface area contributed by atoms with Gasteiger partial charge in [-0.3, -0.25) is 9.69 Å². The van der Waals surface area contributed by atoms with Gasteiger partial charge in [-0.05, 0) is 62.6 Å². The minimum atomic E-state index is -3.77. The van der Waals surface area contributed by atoms with Gasteiger partial charge in [0.15, 0.2) is 0 Å². The Kier molecular flexibility index (Phi) is 7.36. The second-order valence-corrected chi connectivity index (χ2v) is 10.8. The first-order valence-corrected chi connectivity index (χ1v) is 13.2. The first kappa shape index (κ1) is 23.7. The lowest BCUT2D eigenvalue weighted by atomic mass is 9.94. The van der Waals surface area contributed by atoms with E-state index in [0.717, 1.165) is 30.6 Å². The lowest BCUT2D eigenvalue weighted by molar-refractivity contribution is 0.102. The quantitative estimate of drug-likeness (QED) is 0.574. The van der Waals surface area contributed by atoms with Gasteiger partial charge in [-0.15, -0.1) is 0 Å². The Morgan fingerprint density at radius 3 is 2.48 bits per heavy atom. The number of hydrogen-bond acceptors (Lipinski definition) is 5. The minimum absolute atomic E-state index is 0.0186. The van der Waals surface area contributed by atoms with E-state index >= 15 is 0 Å². The van der Waals surface area contributed by atoms with Crippen molar-refractivity contribution < 1.29 is 17.9 Å². The Balaban J connectivity index is 1.52. The number of carbonyl (C=O) groups is 1. The van der Waals surface area contributed by atoms with Crippen molar-refractivity contribution in [2.75, 3.05) is 19.5 Å². The molecule has 2 saturated carbocycles. The smallest absolute Gasteiger partial charge is 0.255 e. The molecule has 0 aromatic heterocycles. The lowest BCUT2D eigenvalue weighted by Gasteiger charge is -2.31. The summed E-state index contributed by atoms with van der Waals surface area (Å²) in [5, 5.41) is 2.98. The zero-order chi connectivity index (χ0) is 23.4. The van der Waals surface area contributed by atoms with Crippen molar-refractivity contribution in [2.24, 2.45) is 0 Å². The van der Waals surface area contributed by atoms with Crippen LogP contribution < -0.4 is 14.8 Å². The van der Waals surface area contributed by atoms with Crippen LogP contribution in [0.5, 0.6) is 5.75 Å². The molecule has 0 saturated heterocycles. The maximum atomic E-state index is 13.1. The average Bonchev–Trinajstić information content (AvgIpc) is 3.63. The maximum absolute atomic E-state index is 13.1. The molecule has 0 spiro atoms. The van der Waals surface area contributed by atoms with Gasteiger partial charge in [0, 0.05) is 29.9 Å². The second kappa shape index (κ2) is 10.2. The fourth-order valence-electron chi connectivity index (χ4n) is 4.41. The van der Waals surface area contributed by atoms with Crippen molar-refractivity contribution in [1.29, 1.82) is 0 Å². The third-order valence-corrected chi connectivity index (χ3v) is 8.04. The topological polar surface area (TPSA) is 87.7 Å². The fourth-order valence-corrected chi connectivity index (χ4v) is 5.91. The molecule has 2 N–H and O–H groups in total. The predicted octanol–water partition coefficient (Wildman–Crippen LogP) is 4.15. The molecule has 4 rings (SSSR count). The molecular weight excluding hydrogens is 438 g/mol. The monoisotopic (exact) mass is 471 g/mol. The Labute approximate surface area is 196 Å². The molecule has 2 aromatic carbocycles. The molecule has 7 nitrogen and oxygen atoms in total. The van der Waals surface area contributed by atoms with E-state index in [-0.39, 0.29) is 28.2 Å². The SMILES string of the molecule is COc1ccc(C(=O)Nc2ccccc2CN(C)C2CCCCC2)cc1S(=O)(=O)NC1CC1. The summed E-state index contributed by atoms with van der Waals surface area (Å²) in [5.41, 5.74) is 2.04. The maximum Gasteiger partial charge on any atom is 0.255 e. The van der Waals surface area contributed by atoms with Crippen molar-refractivity contribution in [3.8, 4) is 5.75 Å². The van der Waals surface area contributed by atoms with Gasteiger partial charge in [-0.1, -0.05) is 37.5 Å². The molecule has 33 heavy (non-hydrogen) atoms. The number of methoxy groups -OCH3 is 1. The summed E-state index contributed by atoms with van der Waals surface area (Å²) in [4.78, 5) is 15.4. The van der Waals surface area contributed by atoms with Gasteiger partial charge >= 0.3 is 0 Å². The zero-order valence-electron chi connectivity index (χ0n) is 19.3. The molecule has 0 aliphatic heterocycles. The molecule has 178 valence electrons. The highest BCUT2D eigenvalue weighted by atomic mass is 32.2. The van der Waals surface area contributed by atoms with Crippen LogP contribution in [0.15, 0.2) is 47.4 Å². The number of para-hydroxylation sites is 1. The fraction of sp³-hybridized carbons (Fsp3) is 0.480. The van der Waals surface area contributed by atoms with Gasteiger partial charge in [-0.2, -0.15) is 0 Å². The zero-order valence-corrected chi connectivity index (χ0v) is 20.2. The molecule has 8 heteroatoms. The number of carbonyl (C=O) groups excluding carboxylic acids is 1. The summed E-state index contributed by atoms with van der Waals surface area (Å²) in [6.07, 6.45) is 7.93. The number of benzene rings is 2. The highest BCUT2D eigenvalue weighted by molar-refractivity contribution is 7.89. The van der Waals surface area contributed by atoms with Crippen molar-refractivity contribution in [1.82, 2.24) is 9.62 Å². The third kappa shape index (κ3) is 5.93. The van der Waals surface area contributed by atoms with Crippen LogP contribution in [0.1, 0.15) is 60.9 Å². The molecule has 0 radical (unpaired) electrons. The first-order chi connectivity index (χ1) is 15.9. The Bertz CT molecular complexity index is 1090. The van der Waals surface area contributed by atoms with Gasteiger partial charge in [0.2, 0.25) is 10.0 Å². The summed E-state index contributed by atoms with van der Waals surface area (Å²) < 4.78 is 33.5. The Morgan fingerprint density at radius 1 is 1.06 bits per heavy atom. The number of rotatable bonds is 9. The van der Waals surface area contributed by atoms with E-state index in [1.807, 2.05) is 24.3 Å². The van der Waals surface area contributed by atoms with Crippen LogP contribution in [0.2, 0.25) is 0 Å². The highest BCUT2D eigenvalue weighted by Crippen LogP contribution is 2.29. The number of ether oxygens (including phenoxy) is 1. The Hall–Kier alpha value is -2.42. The van der Waals surface area contributed by atoms with Gasteiger partial charge in [0.25, 0.3) is 5.91 Å². The second-order valence-electron chi connectivity index (χ2n) is 9.08. The lowest BCUT2D eigenvalue weighted by Crippen LogP contribution is -2.33. The summed E-state index contributed by atoms with van der Waals surface area (Å²) in [7, 11) is -0.205. The summed E-state index contributed by atoms with van der Waals surface area (Å²) in [6, 6.07) is 12.8. The molecular formula is C25H33N3O4S. The van der Waals surface area contributed by atoms with E-state index in [1.165, 1.54) is 51.3 Å². The molecule has 1 amide bonds. The average molecular weight is 472 g/mol. The highest BCUT2D eigenvalue weighted by Gasteiger charge is 2.30. The Morgan fingerprint density at radius 2 is 1.79 bits per heavy atom. The largest absolute Gasteiger partial charge is 0.495 e. The number of anilines is 1. The summed E-state index contributed by atoms with van der Waals surface area (Å²) >= 11 is 0. The van der Waals surface area contributed by atoms with E-state index < -0.39 is 10.0 Å². The van der Waals surface area contributed by atoms with Crippen LogP contribution in [0.25, 0.3) is 0 Å². The minimum Gasteiger partial charge on any atom is -0.495 e. The van der Waals surface area contributed by atoms with E-state index in [2.05, 4.69) is 22.0 Å². The van der Waals surface area contributed by atoms with Crippen molar-refractivity contribution in [3.63, 3.8) is 0 Å². The third-order valence-electron chi connectivity index (χ3n) is 6.50. The normalized spacial score (nSPS) is 17.2. The molecule has 2 fully saturated rings. The molecule has 2 aliphatic carbocycles. The van der Waals surface area contributed by atoms with Crippen LogP contribution in [-0.4, -0.2) is 45.5 Å². The van der Waals surface area contributed by atoms with Crippen LogP contribution in [-0.2, 0) is 16.6 Å². The van der Waals surface area contributed by atoms with E-state index in [1.54, 1.807) is 6.07 Å². The van der Waals surface area contributed by atoms with E-state index in [9.17, 15) is 13.2 Å². The number of amides is 1. The van der Waals surface area contributed by atoms with Crippen molar-refractivity contribution >= 4 is 21.6 Å². The predicted molar refractivity (Wildman–Crippen MR) is 129 cm³/mol. The van der Waals surface area contributed by atoms with Crippen LogP contribution in [0, 0.1) is 0 Å². The number of nitrogens with one attached hydrogen (secondary N) is 2. The molecule has 2 aromatic rings. The van der Waals surface area contributed by atoms with Crippen molar-refractivity contribution in [3.05, 3.63) is 53.6 Å². The summed E-state index contributed by atoms with van der Waals surface area (Å²) in [6.45, 7) is 0.745. The number of sulfonamides is 1. The van der Waals surface area contributed by atoms with Gasteiger partial charge < -0.3 is 10.1 Å². The number of nitrogens with zero attached hydrogens (tertiary/aromatic N) is 1. The summed E-state index contributed by atoms with van der Waals surface area (Å²) in [5.74, 6) is -0.137. The van der Waals surface area contributed by atoms with Crippen molar-refractivity contribution in [2.45, 2.75) is 68.5 Å². The van der Waals surface area contributed by atoms with Gasteiger partial charge in [-0.25, -0.2) is 13.1 Å². The standard InChI is InChI=1S/C25H33N3O4S/c1-28(21-9-4-3-5-10-21)17-19-8-6-7-11-22(19)26-25(29)18-12-15-23(32-2)24(16-18)33(30,31)27-20-13-14-20/h6-8,11-12,15-16,20-21,27H,3-5,9-10,13-14,17H2,1-2H3,(H,26,29). The molecule has 0 atom stereocenters. The van der Waals surface area contributed by atoms with Crippen LogP contribution in [0.4, 0.5) is 5.69 Å². The van der Waals surface area contributed by atoms with Gasteiger partial charge in [0.1, 0.15) is 10.6 Å². The van der Waals surface area contributed by atoms with Crippen LogP contribution >= 0.6 is 0 Å². The molecule has 2 aliphatic rings. The van der Waals surface area contributed by atoms with E-state index in [0.29, 0.717) is 6.04 Å². The van der Waals surface area contributed by atoms with Gasteiger partial charge in [0.05, 0.1) is 7.11 Å². The first-order valence-electron chi connectivity index (χ1n) is 11.7. The molecule has 0 unspecified atom stereocenters.